The Morgan fingerprint density at radius 3 is 2.59 bits per heavy atom. The maximum atomic E-state index is 13.9. The molecule has 0 atom stereocenters. The third-order valence-corrected chi connectivity index (χ3v) is 9.04. The number of H-pyrrole nitrogens is 1. The van der Waals surface area contributed by atoms with Crippen LogP contribution >= 0.6 is 27.5 Å². The monoisotopic (exact) mass is 611 g/mol. The Bertz CT molecular complexity index is 1460. The molecule has 2 N–H and O–H groups in total. The zero-order valence-corrected chi connectivity index (χ0v) is 23.0. The van der Waals surface area contributed by atoms with Crippen molar-refractivity contribution in [2.45, 2.75) is 42.5 Å². The zero-order chi connectivity index (χ0) is 26.8. The molecule has 0 spiro atoms. The first-order valence-electron chi connectivity index (χ1n) is 11.5. The van der Waals surface area contributed by atoms with E-state index in [9.17, 15) is 22.4 Å². The molecule has 0 saturated heterocycles. The van der Waals surface area contributed by atoms with Crippen molar-refractivity contribution in [1.82, 2.24) is 15.3 Å². The number of nitrogens with zero attached hydrogens (tertiary/aromatic N) is 1. The molecule has 12 heteroatoms. The molecule has 1 aromatic heterocycles. The average Bonchev–Trinajstić information content (AvgIpc) is 3.47. The third-order valence-electron chi connectivity index (χ3n) is 6.12. The number of carbonyl (C=O) groups excluding carboxylic acids is 2. The van der Waals surface area contributed by atoms with Crippen molar-refractivity contribution in [2.75, 3.05) is 12.9 Å². The molecule has 0 bridgehead atoms. The minimum atomic E-state index is -3.75. The summed E-state index contributed by atoms with van der Waals surface area (Å²) in [6.07, 6.45) is 3.26. The first-order valence-corrected chi connectivity index (χ1v) is 14.3. The minimum absolute atomic E-state index is 0.0358. The summed E-state index contributed by atoms with van der Waals surface area (Å²) in [5, 5.41) is 2.76. The number of methoxy groups -OCH3 is 1. The predicted molar refractivity (Wildman–Crippen MR) is 140 cm³/mol. The second kappa shape index (κ2) is 10.9. The number of aromatic nitrogens is 2. The van der Waals surface area contributed by atoms with Crippen LogP contribution in [0.2, 0.25) is 5.02 Å². The lowest BCUT2D eigenvalue weighted by Crippen LogP contribution is -2.43. The van der Waals surface area contributed by atoms with Gasteiger partial charge >= 0.3 is 5.97 Å². The summed E-state index contributed by atoms with van der Waals surface area (Å²) in [7, 11) is -2.48. The van der Waals surface area contributed by atoms with Gasteiger partial charge in [-0.05, 0) is 71.9 Å². The Hall–Kier alpha value is -2.76. The third kappa shape index (κ3) is 6.22. The number of sulfone groups is 1. The lowest BCUT2D eigenvalue weighted by atomic mass is 10.2. The van der Waals surface area contributed by atoms with Gasteiger partial charge in [-0.1, -0.05) is 17.7 Å². The van der Waals surface area contributed by atoms with Crippen molar-refractivity contribution in [2.24, 2.45) is 0 Å². The Morgan fingerprint density at radius 1 is 1.19 bits per heavy atom. The number of esters is 1. The lowest BCUT2D eigenvalue weighted by Gasteiger charge is -2.14. The van der Waals surface area contributed by atoms with E-state index in [-0.39, 0.29) is 34.4 Å². The van der Waals surface area contributed by atoms with Gasteiger partial charge in [0.05, 0.1) is 39.1 Å². The number of benzene rings is 2. The molecule has 2 aromatic carbocycles. The van der Waals surface area contributed by atoms with Gasteiger partial charge in [0.25, 0.3) is 0 Å². The molecule has 37 heavy (non-hydrogen) atoms. The van der Waals surface area contributed by atoms with E-state index in [0.29, 0.717) is 46.4 Å². The summed E-state index contributed by atoms with van der Waals surface area (Å²) in [5.41, 5.74) is 0.732. The maximum absolute atomic E-state index is 13.9. The Morgan fingerprint density at radius 2 is 1.92 bits per heavy atom. The van der Waals surface area contributed by atoms with Crippen LogP contribution in [0.3, 0.4) is 0 Å². The van der Waals surface area contributed by atoms with Crippen LogP contribution in [-0.2, 0) is 24.2 Å². The van der Waals surface area contributed by atoms with Gasteiger partial charge in [-0.25, -0.2) is 22.6 Å². The number of aromatic amines is 1. The minimum Gasteiger partial charge on any atom is -0.467 e. The smallest absolute Gasteiger partial charge is 0.331 e. The number of ether oxygens (including phenoxy) is 1. The first kappa shape index (κ1) is 27.3. The van der Waals surface area contributed by atoms with Crippen LogP contribution in [0.4, 0.5) is 4.39 Å². The van der Waals surface area contributed by atoms with Crippen LogP contribution in [0.15, 0.2) is 52.0 Å². The molecule has 3 aromatic rings. The van der Waals surface area contributed by atoms with E-state index in [4.69, 9.17) is 16.3 Å². The summed E-state index contributed by atoms with van der Waals surface area (Å²) in [6, 6.07) is 9.25. The fourth-order valence-corrected chi connectivity index (χ4v) is 6.08. The molecule has 1 heterocycles. The van der Waals surface area contributed by atoms with E-state index >= 15 is 0 Å². The molecule has 4 rings (SSSR count). The van der Waals surface area contributed by atoms with Crippen LogP contribution < -0.4 is 5.32 Å². The quantitative estimate of drug-likeness (QED) is 0.244. The van der Waals surface area contributed by atoms with Gasteiger partial charge in [0.15, 0.2) is 9.84 Å². The molecule has 1 fully saturated rings. The first-order chi connectivity index (χ1) is 17.5. The van der Waals surface area contributed by atoms with Crippen LogP contribution in [0.25, 0.3) is 22.6 Å². The van der Waals surface area contributed by atoms with Gasteiger partial charge in [0.2, 0.25) is 5.91 Å². The fraction of sp³-hybridized carbons (Fsp3) is 0.320. The Balaban J connectivity index is 1.40. The highest BCUT2D eigenvalue weighted by molar-refractivity contribution is 9.10. The summed E-state index contributed by atoms with van der Waals surface area (Å²) in [4.78, 5) is 31.3. The van der Waals surface area contributed by atoms with Crippen molar-refractivity contribution < 1.29 is 27.1 Å². The molecule has 1 amide bonds. The van der Waals surface area contributed by atoms with Crippen LogP contribution in [-0.4, -0.2) is 48.7 Å². The van der Waals surface area contributed by atoms with Crippen LogP contribution in [0.5, 0.6) is 0 Å². The van der Waals surface area contributed by atoms with Crippen molar-refractivity contribution in [1.29, 1.82) is 0 Å². The van der Waals surface area contributed by atoms with E-state index in [2.05, 4.69) is 31.2 Å². The van der Waals surface area contributed by atoms with Crippen molar-refractivity contribution in [3.05, 3.63) is 57.9 Å². The van der Waals surface area contributed by atoms with Gasteiger partial charge < -0.3 is 15.0 Å². The Kier molecular flexibility index (Phi) is 8.05. The lowest BCUT2D eigenvalue weighted by molar-refractivity contribution is -0.146. The van der Waals surface area contributed by atoms with Gasteiger partial charge in [-0.15, -0.1) is 0 Å². The molecule has 196 valence electrons. The van der Waals surface area contributed by atoms with Gasteiger partial charge in [-0.2, -0.15) is 0 Å². The highest BCUT2D eigenvalue weighted by Gasteiger charge is 2.52. The molecular formula is C25H24BrClFN3O5S. The number of rotatable bonds is 10. The molecule has 0 unspecified atom stereocenters. The standard InChI is InChI=1S/C25H24BrClFN3O5S/c1-36-24(33)25(9-10-25)31-22(32)4-2-3-11-37(34,35)21-13-16(6-8-18(21)27)23-29-14-20(30-23)15-5-7-17(26)19(28)12-15/h5-8,12-14H,2-4,9-11H2,1H3,(H,29,30)(H,31,32). The van der Waals surface area contributed by atoms with E-state index in [0.717, 1.165) is 0 Å². The van der Waals surface area contributed by atoms with E-state index in [1.165, 1.54) is 31.5 Å². The second-order valence-electron chi connectivity index (χ2n) is 8.82. The molecule has 1 aliphatic carbocycles. The summed E-state index contributed by atoms with van der Waals surface area (Å²) < 4.78 is 45.0. The average molecular weight is 613 g/mol. The molecule has 0 radical (unpaired) electrons. The van der Waals surface area contributed by atoms with Crippen LogP contribution in [0.1, 0.15) is 32.1 Å². The largest absolute Gasteiger partial charge is 0.467 e. The normalized spacial score (nSPS) is 14.3. The van der Waals surface area contributed by atoms with Crippen molar-refractivity contribution in [3.8, 4) is 22.6 Å². The molecular weight excluding hydrogens is 589 g/mol. The predicted octanol–water partition coefficient (Wildman–Crippen LogP) is 5.06. The van der Waals surface area contributed by atoms with Crippen molar-refractivity contribution in [3.63, 3.8) is 0 Å². The van der Waals surface area contributed by atoms with E-state index < -0.39 is 27.2 Å². The number of amides is 1. The van der Waals surface area contributed by atoms with Gasteiger partial charge in [-0.3, -0.25) is 4.79 Å². The van der Waals surface area contributed by atoms with Crippen molar-refractivity contribution >= 4 is 49.2 Å². The van der Waals surface area contributed by atoms with Gasteiger partial charge in [0, 0.05) is 17.5 Å². The van der Waals surface area contributed by atoms with Gasteiger partial charge in [0.1, 0.15) is 17.2 Å². The highest BCUT2D eigenvalue weighted by atomic mass is 79.9. The zero-order valence-electron chi connectivity index (χ0n) is 19.8. The summed E-state index contributed by atoms with van der Waals surface area (Å²) in [6.45, 7) is 0. The molecule has 8 nitrogen and oxygen atoms in total. The van der Waals surface area contributed by atoms with Crippen LogP contribution in [0, 0.1) is 5.82 Å². The fourth-order valence-electron chi connectivity index (χ4n) is 3.88. The SMILES string of the molecule is COC(=O)C1(NC(=O)CCCCS(=O)(=O)c2cc(-c3ncc(-c4ccc(Br)c(F)c4)[nH]3)ccc2Cl)CC1. The number of halogens is 3. The maximum Gasteiger partial charge on any atom is 0.331 e. The number of hydrogen-bond donors (Lipinski definition) is 2. The number of imidazole rings is 1. The summed E-state index contributed by atoms with van der Waals surface area (Å²) >= 11 is 9.35. The molecule has 1 aliphatic rings. The Labute approximate surface area is 227 Å². The number of unbranched alkanes of at least 4 members (excludes halogenated alkanes) is 1. The molecule has 1 saturated carbocycles. The van der Waals surface area contributed by atoms with E-state index in [1.807, 2.05) is 0 Å². The summed E-state index contributed by atoms with van der Waals surface area (Å²) in [5.74, 6) is -0.998. The number of carbonyl (C=O) groups is 2. The van der Waals surface area contributed by atoms with E-state index in [1.54, 1.807) is 18.2 Å². The number of nitrogens with one attached hydrogen (secondary N) is 2. The highest BCUT2D eigenvalue weighted by Crippen LogP contribution is 2.36. The number of hydrogen-bond acceptors (Lipinski definition) is 6. The second-order valence-corrected chi connectivity index (χ2v) is 12.2. The topological polar surface area (TPSA) is 118 Å². The molecule has 0 aliphatic heterocycles.